The SMILES string of the molecule is CCc1ccc2c(c1CC)C(C)c1c(C(C)c3ccc(C)cc3)ccc(C(C)c3ccc(C)cc3)c1C2C. The smallest absolute Gasteiger partial charge is 0.00727 e. The maximum atomic E-state index is 2.48. The van der Waals surface area contributed by atoms with Crippen molar-refractivity contribution in [2.75, 3.05) is 0 Å². The van der Waals surface area contributed by atoms with Crippen molar-refractivity contribution >= 4 is 0 Å². The van der Waals surface area contributed by atoms with E-state index in [0.29, 0.717) is 23.7 Å². The first-order valence-corrected chi connectivity index (χ1v) is 14.7. The lowest BCUT2D eigenvalue weighted by molar-refractivity contribution is 0.714. The standard InChI is InChI=1S/C38H44/c1-9-29-19-20-35-27(7)37-33(25(5)30-15-11-23(3)12-16-30)21-22-34(26(6)31-17-13-24(4)14-18-31)38(37)28(8)36(35)32(29)10-2/h11-22,25-28H,9-10H2,1-8H3. The summed E-state index contributed by atoms with van der Waals surface area (Å²) >= 11 is 0. The number of fused-ring (bicyclic) bond motifs is 2. The van der Waals surface area contributed by atoms with Crippen LogP contribution in [-0.2, 0) is 12.8 Å². The second kappa shape index (κ2) is 10.6. The fraction of sp³-hybridized carbons (Fsp3) is 0.368. The first-order chi connectivity index (χ1) is 18.3. The third kappa shape index (κ3) is 4.43. The first kappa shape index (κ1) is 26.5. The minimum atomic E-state index is 0.351. The Hall–Kier alpha value is -3.12. The zero-order valence-electron chi connectivity index (χ0n) is 24.7. The summed E-state index contributed by atoms with van der Waals surface area (Å²) in [6.45, 7) is 18.7. The summed E-state index contributed by atoms with van der Waals surface area (Å²) in [6.07, 6.45) is 2.20. The molecule has 0 fully saturated rings. The number of aryl methyl sites for hydroxylation is 3. The highest BCUT2D eigenvalue weighted by Crippen LogP contribution is 2.51. The monoisotopic (exact) mass is 500 g/mol. The Balaban J connectivity index is 1.76. The molecule has 0 amide bonds. The first-order valence-electron chi connectivity index (χ1n) is 14.7. The molecule has 38 heavy (non-hydrogen) atoms. The Labute approximate surface area is 231 Å². The van der Waals surface area contributed by atoms with E-state index < -0.39 is 0 Å². The second-order valence-electron chi connectivity index (χ2n) is 11.7. The van der Waals surface area contributed by atoms with E-state index in [4.69, 9.17) is 0 Å². The molecule has 4 aromatic carbocycles. The van der Waals surface area contributed by atoms with Crippen LogP contribution in [0.5, 0.6) is 0 Å². The van der Waals surface area contributed by atoms with Crippen molar-refractivity contribution in [2.24, 2.45) is 0 Å². The summed E-state index contributed by atoms with van der Waals surface area (Å²) in [4.78, 5) is 0. The normalized spacial score (nSPS) is 18.0. The fourth-order valence-corrected chi connectivity index (χ4v) is 7.13. The van der Waals surface area contributed by atoms with E-state index in [1.165, 1.54) is 44.5 Å². The number of rotatable bonds is 6. The van der Waals surface area contributed by atoms with Gasteiger partial charge in [0, 0.05) is 23.7 Å². The van der Waals surface area contributed by atoms with E-state index >= 15 is 0 Å². The minimum Gasteiger partial charge on any atom is -0.0613 e. The molecule has 4 unspecified atom stereocenters. The Bertz CT molecular complexity index is 1440. The Morgan fingerprint density at radius 1 is 0.553 bits per heavy atom. The molecular formula is C38H44. The molecule has 4 atom stereocenters. The highest BCUT2D eigenvalue weighted by atomic mass is 14.4. The Morgan fingerprint density at radius 2 is 1.03 bits per heavy atom. The van der Waals surface area contributed by atoms with E-state index in [9.17, 15) is 0 Å². The summed E-state index contributed by atoms with van der Waals surface area (Å²) in [5.74, 6) is 1.46. The van der Waals surface area contributed by atoms with Crippen molar-refractivity contribution in [3.63, 3.8) is 0 Å². The zero-order chi connectivity index (χ0) is 27.1. The molecule has 0 aliphatic heterocycles. The molecule has 0 radical (unpaired) electrons. The van der Waals surface area contributed by atoms with Crippen LogP contribution in [0.25, 0.3) is 0 Å². The molecule has 1 aliphatic rings. The van der Waals surface area contributed by atoms with Crippen molar-refractivity contribution in [3.05, 3.63) is 140 Å². The van der Waals surface area contributed by atoms with Gasteiger partial charge >= 0.3 is 0 Å². The van der Waals surface area contributed by atoms with Crippen molar-refractivity contribution in [1.82, 2.24) is 0 Å². The van der Waals surface area contributed by atoms with Gasteiger partial charge in [0.25, 0.3) is 0 Å². The van der Waals surface area contributed by atoms with Crippen molar-refractivity contribution in [1.29, 1.82) is 0 Å². The molecule has 0 bridgehead atoms. The predicted molar refractivity (Wildman–Crippen MR) is 164 cm³/mol. The van der Waals surface area contributed by atoms with Crippen LogP contribution in [0.4, 0.5) is 0 Å². The van der Waals surface area contributed by atoms with E-state index in [-0.39, 0.29) is 0 Å². The quantitative estimate of drug-likeness (QED) is 0.247. The predicted octanol–water partition coefficient (Wildman–Crippen LogP) is 10.3. The lowest BCUT2D eigenvalue weighted by atomic mass is 9.65. The van der Waals surface area contributed by atoms with Gasteiger partial charge in [-0.2, -0.15) is 0 Å². The maximum absolute atomic E-state index is 2.48. The highest BCUT2D eigenvalue weighted by Gasteiger charge is 2.35. The van der Waals surface area contributed by atoms with Crippen molar-refractivity contribution in [3.8, 4) is 0 Å². The summed E-state index contributed by atoms with van der Waals surface area (Å²) in [7, 11) is 0. The molecule has 0 nitrogen and oxygen atoms in total. The van der Waals surface area contributed by atoms with Crippen LogP contribution in [0.15, 0.2) is 72.8 Å². The van der Waals surface area contributed by atoms with E-state index in [1.807, 2.05) is 0 Å². The lowest BCUT2D eigenvalue weighted by Crippen LogP contribution is -2.23. The largest absolute Gasteiger partial charge is 0.0613 e. The van der Waals surface area contributed by atoms with Gasteiger partial charge in [-0.1, -0.05) is 125 Å². The molecule has 5 rings (SSSR count). The van der Waals surface area contributed by atoms with E-state index in [0.717, 1.165) is 12.8 Å². The average molecular weight is 501 g/mol. The Morgan fingerprint density at radius 3 is 1.47 bits per heavy atom. The van der Waals surface area contributed by atoms with Crippen LogP contribution < -0.4 is 0 Å². The van der Waals surface area contributed by atoms with Gasteiger partial charge < -0.3 is 0 Å². The summed E-state index contributed by atoms with van der Waals surface area (Å²) < 4.78 is 0. The molecule has 0 N–H and O–H groups in total. The molecule has 0 heterocycles. The number of benzene rings is 4. The van der Waals surface area contributed by atoms with Gasteiger partial charge in [0.2, 0.25) is 0 Å². The fourth-order valence-electron chi connectivity index (χ4n) is 7.13. The van der Waals surface area contributed by atoms with Crippen LogP contribution in [0.3, 0.4) is 0 Å². The topological polar surface area (TPSA) is 0 Å². The third-order valence-corrected chi connectivity index (χ3v) is 9.43. The molecule has 196 valence electrons. The Kier molecular flexibility index (Phi) is 7.36. The van der Waals surface area contributed by atoms with Crippen molar-refractivity contribution in [2.45, 2.75) is 91.9 Å². The maximum Gasteiger partial charge on any atom is 0.00727 e. The molecule has 0 saturated carbocycles. The van der Waals surface area contributed by atoms with E-state index in [1.54, 1.807) is 22.3 Å². The summed E-state index contributed by atoms with van der Waals surface area (Å²) in [5, 5.41) is 0. The van der Waals surface area contributed by atoms with Crippen molar-refractivity contribution < 1.29 is 0 Å². The molecular weight excluding hydrogens is 456 g/mol. The second-order valence-corrected chi connectivity index (χ2v) is 11.7. The van der Waals surface area contributed by atoms with Gasteiger partial charge in [-0.15, -0.1) is 0 Å². The molecule has 0 heteroatoms. The zero-order valence-corrected chi connectivity index (χ0v) is 24.7. The molecule has 0 saturated heterocycles. The summed E-state index contributed by atoms with van der Waals surface area (Å²) in [5.41, 5.74) is 17.8. The van der Waals surface area contributed by atoms with Crippen LogP contribution in [0, 0.1) is 13.8 Å². The van der Waals surface area contributed by atoms with Gasteiger partial charge in [-0.05, 0) is 82.3 Å². The summed E-state index contributed by atoms with van der Waals surface area (Å²) in [6, 6.07) is 28.1. The van der Waals surface area contributed by atoms with Crippen LogP contribution in [-0.4, -0.2) is 0 Å². The van der Waals surface area contributed by atoms with Gasteiger partial charge in [-0.25, -0.2) is 0 Å². The minimum absolute atomic E-state index is 0.351. The van der Waals surface area contributed by atoms with Crippen LogP contribution in [0.1, 0.15) is 132 Å². The molecule has 0 spiro atoms. The third-order valence-electron chi connectivity index (χ3n) is 9.43. The highest BCUT2D eigenvalue weighted by molar-refractivity contribution is 5.63. The average Bonchev–Trinajstić information content (AvgIpc) is 2.94. The molecule has 1 aliphatic carbocycles. The number of hydrogen-bond donors (Lipinski definition) is 0. The van der Waals surface area contributed by atoms with Crippen LogP contribution in [0.2, 0.25) is 0 Å². The van der Waals surface area contributed by atoms with Gasteiger partial charge in [0.1, 0.15) is 0 Å². The lowest BCUT2D eigenvalue weighted by Gasteiger charge is -2.38. The number of hydrogen-bond acceptors (Lipinski definition) is 0. The van der Waals surface area contributed by atoms with Crippen LogP contribution >= 0.6 is 0 Å². The van der Waals surface area contributed by atoms with E-state index in [2.05, 4.69) is 128 Å². The molecule has 0 aromatic heterocycles. The van der Waals surface area contributed by atoms with Gasteiger partial charge in [0.05, 0.1) is 0 Å². The van der Waals surface area contributed by atoms with Gasteiger partial charge in [0.15, 0.2) is 0 Å². The molecule has 4 aromatic rings. The van der Waals surface area contributed by atoms with Gasteiger partial charge in [-0.3, -0.25) is 0 Å².